The van der Waals surface area contributed by atoms with Crippen LogP contribution in [0.15, 0.2) is 124 Å². The third-order valence-corrected chi connectivity index (χ3v) is 7.96. The zero-order valence-corrected chi connectivity index (χ0v) is 27.9. The number of carbonyl (C=O) groups is 1. The number of halogens is 3. The van der Waals surface area contributed by atoms with Crippen LogP contribution in [0.4, 0.5) is 0 Å². The second kappa shape index (κ2) is 17.4. The number of benzene rings is 4. The van der Waals surface area contributed by atoms with E-state index in [0.29, 0.717) is 16.7 Å². The monoisotopic (exact) mass is 756 g/mol. The first kappa shape index (κ1) is 32.0. The average Bonchev–Trinajstić information content (AvgIpc) is 3.45. The van der Waals surface area contributed by atoms with E-state index < -0.39 is 0 Å². The van der Waals surface area contributed by atoms with Crippen molar-refractivity contribution in [1.29, 1.82) is 0 Å². The minimum atomic E-state index is 0.126. The molecule has 5 aromatic rings. The number of rotatable bonds is 7. The van der Waals surface area contributed by atoms with E-state index >= 15 is 0 Å². The number of hydrogen-bond acceptors (Lipinski definition) is 4. The van der Waals surface area contributed by atoms with Crippen LogP contribution in [0.1, 0.15) is 26.5 Å². The molecule has 0 bridgehead atoms. The summed E-state index contributed by atoms with van der Waals surface area (Å²) >= 11 is 16.4. The predicted octanol–water partition coefficient (Wildman–Crippen LogP) is 9.71. The maximum Gasteiger partial charge on any atom is 0.173 e. The van der Waals surface area contributed by atoms with Crippen molar-refractivity contribution >= 4 is 82.1 Å². The van der Waals surface area contributed by atoms with Gasteiger partial charge in [0.15, 0.2) is 5.78 Å². The number of nitrogens with two attached hydrogens (primary N) is 1. The number of nitrogens with zero attached hydrogens (tertiary/aromatic N) is 1. The Morgan fingerprint density at radius 1 is 0.775 bits per heavy atom. The van der Waals surface area contributed by atoms with Gasteiger partial charge < -0.3 is 5.73 Å². The number of alkyl halides is 1. The highest BCUT2D eigenvalue weighted by atomic mass is 79.9. The molecular weight excluding hydrogens is 732 g/mol. The van der Waals surface area contributed by atoms with E-state index in [0.717, 1.165) is 37.2 Å². The highest BCUT2D eigenvalue weighted by molar-refractivity contribution is 9.10. The molecule has 40 heavy (non-hydrogen) atoms. The molecule has 0 saturated carbocycles. The Bertz CT molecular complexity index is 1470. The van der Waals surface area contributed by atoms with Gasteiger partial charge in [-0.2, -0.15) is 0 Å². The first-order chi connectivity index (χ1) is 19.3. The average molecular weight is 759 g/mol. The summed E-state index contributed by atoms with van der Waals surface area (Å²) < 4.78 is 2.18. The van der Waals surface area contributed by atoms with E-state index in [1.54, 1.807) is 11.3 Å². The van der Waals surface area contributed by atoms with Gasteiger partial charge in [0.1, 0.15) is 0 Å². The molecule has 0 fully saturated rings. The van der Waals surface area contributed by atoms with E-state index in [2.05, 4.69) is 89.6 Å². The molecule has 0 amide bonds. The Hall–Kier alpha value is -2.49. The summed E-state index contributed by atoms with van der Waals surface area (Å²) in [6.07, 6.45) is 1.58. The lowest BCUT2D eigenvalue weighted by Crippen LogP contribution is -2.10. The second-order valence-corrected chi connectivity index (χ2v) is 12.3. The van der Waals surface area contributed by atoms with Gasteiger partial charge in [-0.15, -0.1) is 11.3 Å². The Morgan fingerprint density at radius 2 is 1.30 bits per heavy atom. The molecule has 1 heterocycles. The lowest BCUT2D eigenvalue weighted by Gasteiger charge is -1.98. The highest BCUT2D eigenvalue weighted by Crippen LogP contribution is 2.23. The Balaban J connectivity index is 0.000000180. The standard InChI is InChI=1S/C16H12BrNS.C8H8BrNS.C8H7BrO/c17-14-8-6-12(7-9-14)10-16-18-15(11-19-16)13-4-2-1-3-5-13;9-7-3-1-6(2-4-7)5-8(10)11;9-6-8(10)7-4-2-1-3-5-7/h1-9,11H,10H2;1-4H,5H2,(H2,10,11);1-5H,6H2. The predicted molar refractivity (Wildman–Crippen MR) is 184 cm³/mol. The fraction of sp³-hybridized carbons (Fsp3) is 0.0938. The van der Waals surface area contributed by atoms with E-state index in [9.17, 15) is 4.79 Å². The van der Waals surface area contributed by atoms with Crippen LogP contribution >= 0.6 is 71.3 Å². The van der Waals surface area contributed by atoms with Crippen LogP contribution in [0.3, 0.4) is 0 Å². The van der Waals surface area contributed by atoms with Gasteiger partial charge in [-0.25, -0.2) is 4.98 Å². The maximum atomic E-state index is 11.0. The number of carbonyl (C=O) groups excluding carboxylic acids is 1. The minimum Gasteiger partial charge on any atom is -0.393 e. The van der Waals surface area contributed by atoms with Crippen LogP contribution in [-0.4, -0.2) is 21.1 Å². The Kier molecular flexibility index (Phi) is 13.9. The first-order valence-electron chi connectivity index (χ1n) is 12.2. The quantitative estimate of drug-likeness (QED) is 0.102. The molecule has 5 rings (SSSR count). The van der Waals surface area contributed by atoms with Gasteiger partial charge in [-0.1, -0.05) is 145 Å². The fourth-order valence-corrected chi connectivity index (χ4v) is 5.27. The summed E-state index contributed by atoms with van der Waals surface area (Å²) in [5, 5.41) is 3.68. The molecule has 0 saturated heterocycles. The van der Waals surface area contributed by atoms with Crippen LogP contribution in [0, 0.1) is 0 Å². The number of Topliss-reactive ketones (excluding diaryl/α,β-unsaturated/α-hetero) is 1. The van der Waals surface area contributed by atoms with Crippen LogP contribution in [0.2, 0.25) is 0 Å². The molecule has 4 aromatic carbocycles. The van der Waals surface area contributed by atoms with Gasteiger partial charge in [-0.05, 0) is 35.4 Å². The molecule has 0 radical (unpaired) electrons. The van der Waals surface area contributed by atoms with Crippen molar-refractivity contribution in [3.05, 3.63) is 145 Å². The van der Waals surface area contributed by atoms with Gasteiger partial charge in [0.25, 0.3) is 0 Å². The number of thiocarbonyl (C=S) groups is 1. The highest BCUT2D eigenvalue weighted by Gasteiger charge is 2.05. The van der Waals surface area contributed by atoms with Crippen molar-refractivity contribution in [3.63, 3.8) is 0 Å². The molecule has 1 aromatic heterocycles. The van der Waals surface area contributed by atoms with Gasteiger partial charge in [0.2, 0.25) is 0 Å². The molecule has 0 aliphatic heterocycles. The molecule has 2 N–H and O–H groups in total. The molecule has 3 nitrogen and oxygen atoms in total. The zero-order valence-electron chi connectivity index (χ0n) is 21.5. The van der Waals surface area contributed by atoms with Gasteiger partial charge in [0, 0.05) is 38.3 Å². The molecule has 204 valence electrons. The van der Waals surface area contributed by atoms with Crippen LogP contribution in [-0.2, 0) is 12.8 Å². The normalized spacial score (nSPS) is 9.97. The Morgan fingerprint density at radius 3 is 1.82 bits per heavy atom. The SMILES string of the molecule is Brc1ccc(Cc2nc(-c3ccccc3)cs2)cc1.NC(=S)Cc1ccc(Br)cc1.O=C(CBr)c1ccccc1. The van der Waals surface area contributed by atoms with Gasteiger partial charge in [-0.3, -0.25) is 4.79 Å². The lowest BCUT2D eigenvalue weighted by molar-refractivity contribution is 0.102. The third-order valence-electron chi connectivity index (χ3n) is 5.40. The topological polar surface area (TPSA) is 56.0 Å². The third kappa shape index (κ3) is 11.6. The molecule has 0 spiro atoms. The van der Waals surface area contributed by atoms with Crippen LogP contribution < -0.4 is 5.73 Å². The number of aromatic nitrogens is 1. The molecule has 0 atom stereocenters. The molecule has 0 aliphatic rings. The zero-order chi connectivity index (χ0) is 28.7. The van der Waals surface area contributed by atoms with Gasteiger partial charge >= 0.3 is 0 Å². The molecular formula is C32H27Br3N2OS2. The number of thiazole rings is 1. The van der Waals surface area contributed by atoms with Crippen LogP contribution in [0.5, 0.6) is 0 Å². The minimum absolute atomic E-state index is 0.126. The molecule has 0 unspecified atom stereocenters. The van der Waals surface area contributed by atoms with Crippen molar-refractivity contribution in [3.8, 4) is 11.3 Å². The smallest absolute Gasteiger partial charge is 0.173 e. The summed E-state index contributed by atoms with van der Waals surface area (Å²) in [5.41, 5.74) is 10.8. The van der Waals surface area contributed by atoms with Crippen molar-refractivity contribution < 1.29 is 4.79 Å². The van der Waals surface area contributed by atoms with Crippen LogP contribution in [0.25, 0.3) is 11.3 Å². The van der Waals surface area contributed by atoms with Crippen molar-refractivity contribution in [2.45, 2.75) is 12.8 Å². The maximum absolute atomic E-state index is 11.0. The summed E-state index contributed by atoms with van der Waals surface area (Å²) in [4.78, 5) is 16.2. The van der Waals surface area contributed by atoms with E-state index in [4.69, 9.17) is 22.9 Å². The van der Waals surface area contributed by atoms with Crippen molar-refractivity contribution in [2.24, 2.45) is 5.73 Å². The fourth-order valence-electron chi connectivity index (χ4n) is 3.42. The number of ketones is 1. The van der Waals surface area contributed by atoms with E-state index in [1.165, 1.54) is 11.1 Å². The summed E-state index contributed by atoms with van der Waals surface area (Å²) in [6.45, 7) is 0. The number of hydrogen-bond donors (Lipinski definition) is 1. The molecule has 0 aliphatic carbocycles. The van der Waals surface area contributed by atoms with E-state index in [1.807, 2.05) is 72.8 Å². The molecule has 8 heteroatoms. The lowest BCUT2D eigenvalue weighted by atomic mass is 10.1. The van der Waals surface area contributed by atoms with Crippen molar-refractivity contribution in [1.82, 2.24) is 4.98 Å². The first-order valence-corrected chi connectivity index (χ1v) is 16.2. The summed E-state index contributed by atoms with van der Waals surface area (Å²) in [6, 6.07) is 35.9. The largest absolute Gasteiger partial charge is 0.393 e. The van der Waals surface area contributed by atoms with Gasteiger partial charge in [0.05, 0.1) is 21.0 Å². The van der Waals surface area contributed by atoms with Crippen molar-refractivity contribution in [2.75, 3.05) is 5.33 Å². The summed E-state index contributed by atoms with van der Waals surface area (Å²) in [5.74, 6) is 0.126. The Labute approximate surface area is 270 Å². The van der Waals surface area contributed by atoms with E-state index in [-0.39, 0.29) is 5.78 Å². The summed E-state index contributed by atoms with van der Waals surface area (Å²) in [7, 11) is 0. The second-order valence-electron chi connectivity index (χ2n) is 8.49.